The van der Waals surface area contributed by atoms with Gasteiger partial charge in [-0.15, -0.1) is 0 Å². The number of hydrogen-bond donors (Lipinski definition) is 1. The summed E-state index contributed by atoms with van der Waals surface area (Å²) in [6.07, 6.45) is 40.1. The lowest BCUT2D eigenvalue weighted by Gasteiger charge is -2.22. The first-order valence-electron chi connectivity index (χ1n) is 23.2. The van der Waals surface area contributed by atoms with Crippen molar-refractivity contribution in [1.29, 1.82) is 0 Å². The molecule has 2 unspecified atom stereocenters. The second-order valence-electron chi connectivity index (χ2n) is 16.0. The highest BCUT2D eigenvalue weighted by atomic mass is 16.5. The Morgan fingerprint density at radius 2 is 0.882 bits per heavy atom. The van der Waals surface area contributed by atoms with E-state index in [2.05, 4.69) is 32.6 Å². The van der Waals surface area contributed by atoms with Gasteiger partial charge in [-0.2, -0.15) is 0 Å². The molecule has 5 heteroatoms. The molecule has 0 aromatic rings. The van der Waals surface area contributed by atoms with Crippen LogP contribution in [0.2, 0.25) is 0 Å². The summed E-state index contributed by atoms with van der Waals surface area (Å²) in [7, 11) is 0. The van der Waals surface area contributed by atoms with Gasteiger partial charge in [-0.25, -0.2) is 0 Å². The highest BCUT2D eigenvalue weighted by Crippen LogP contribution is 2.22. The molecule has 51 heavy (non-hydrogen) atoms. The third-order valence-corrected chi connectivity index (χ3v) is 11.0. The number of esters is 1. The molecule has 0 aliphatic rings. The number of aliphatic hydroxyl groups excluding tert-OH is 1. The van der Waals surface area contributed by atoms with Crippen LogP contribution >= 0.6 is 0 Å². The number of carbonyl (C=O) groups is 1. The Morgan fingerprint density at radius 1 is 0.451 bits per heavy atom. The molecule has 0 saturated heterocycles. The Labute approximate surface area is 320 Å². The molecule has 0 bridgehead atoms. The van der Waals surface area contributed by atoms with E-state index >= 15 is 0 Å². The van der Waals surface area contributed by atoms with Crippen LogP contribution in [0.25, 0.3) is 0 Å². The number of ether oxygens (including phenoxy) is 2. The van der Waals surface area contributed by atoms with E-state index in [1.54, 1.807) is 0 Å². The average molecular weight is 724 g/mol. The number of hydrogen-bond acceptors (Lipinski definition) is 5. The molecule has 0 amide bonds. The van der Waals surface area contributed by atoms with Gasteiger partial charge < -0.3 is 19.5 Å². The van der Waals surface area contributed by atoms with Gasteiger partial charge in [0.2, 0.25) is 0 Å². The topological polar surface area (TPSA) is 59.0 Å². The lowest BCUT2D eigenvalue weighted by atomic mass is 9.92. The summed E-state index contributed by atoms with van der Waals surface area (Å²) in [4.78, 5) is 15.2. The fraction of sp³-hybridized carbons (Fsp3) is 0.978. The van der Waals surface area contributed by atoms with Crippen LogP contribution < -0.4 is 0 Å². The Balaban J connectivity index is 3.82. The molecule has 0 aliphatic carbocycles. The third kappa shape index (κ3) is 36.1. The molecular formula is C46H93NO4. The summed E-state index contributed by atoms with van der Waals surface area (Å²) in [6.45, 7) is 15.3. The van der Waals surface area contributed by atoms with E-state index in [9.17, 15) is 9.90 Å². The number of rotatable bonds is 43. The second kappa shape index (κ2) is 42.1. The van der Waals surface area contributed by atoms with Crippen molar-refractivity contribution in [2.24, 2.45) is 11.8 Å². The predicted molar refractivity (Wildman–Crippen MR) is 223 cm³/mol. The van der Waals surface area contributed by atoms with Crippen LogP contribution in [0.1, 0.15) is 233 Å². The maximum absolute atomic E-state index is 12.6. The van der Waals surface area contributed by atoms with Gasteiger partial charge >= 0.3 is 5.97 Å². The van der Waals surface area contributed by atoms with Crippen LogP contribution in [0.5, 0.6) is 0 Å². The minimum Gasteiger partial charge on any atom is -0.465 e. The molecule has 2 atom stereocenters. The molecule has 0 spiro atoms. The zero-order chi connectivity index (χ0) is 37.3. The normalized spacial score (nSPS) is 12.9. The molecule has 306 valence electrons. The van der Waals surface area contributed by atoms with Crippen molar-refractivity contribution in [2.45, 2.75) is 233 Å². The molecule has 0 heterocycles. The average Bonchev–Trinajstić information content (AvgIpc) is 3.14. The fourth-order valence-electron chi connectivity index (χ4n) is 7.45. The summed E-state index contributed by atoms with van der Waals surface area (Å²) in [6, 6.07) is 0. The quantitative estimate of drug-likeness (QED) is 0.0501. The van der Waals surface area contributed by atoms with Crippen molar-refractivity contribution in [2.75, 3.05) is 46.1 Å². The molecule has 0 radical (unpaired) electrons. The standard InChI is InChI=1S/C46H93NO4/c1-5-9-13-25-33-44(32-11-7-3)36-43-50-41-29-23-19-15-17-21-27-37-47(39-31-40-48)38-28-22-18-16-20-24-30-42-51-46(49)45(34-12-8-4)35-26-14-10-6-2/h44-45,48H,5-43H2,1-4H3. The van der Waals surface area contributed by atoms with E-state index in [-0.39, 0.29) is 11.9 Å². The monoisotopic (exact) mass is 724 g/mol. The Morgan fingerprint density at radius 3 is 1.45 bits per heavy atom. The minimum atomic E-state index is 0.0617. The summed E-state index contributed by atoms with van der Waals surface area (Å²) < 4.78 is 11.8. The largest absolute Gasteiger partial charge is 0.465 e. The van der Waals surface area contributed by atoms with E-state index in [4.69, 9.17) is 9.47 Å². The van der Waals surface area contributed by atoms with Gasteiger partial charge in [0, 0.05) is 26.4 Å². The summed E-state index contributed by atoms with van der Waals surface area (Å²) in [5.74, 6) is 1.06. The van der Waals surface area contributed by atoms with Gasteiger partial charge in [0.1, 0.15) is 0 Å². The van der Waals surface area contributed by atoms with Gasteiger partial charge in [0.25, 0.3) is 0 Å². The van der Waals surface area contributed by atoms with Gasteiger partial charge in [0.05, 0.1) is 12.5 Å². The van der Waals surface area contributed by atoms with E-state index in [0.717, 1.165) is 70.6 Å². The zero-order valence-corrected chi connectivity index (χ0v) is 35.4. The van der Waals surface area contributed by atoms with Crippen molar-refractivity contribution in [3.05, 3.63) is 0 Å². The zero-order valence-electron chi connectivity index (χ0n) is 35.4. The summed E-state index contributed by atoms with van der Waals surface area (Å²) >= 11 is 0. The van der Waals surface area contributed by atoms with Crippen molar-refractivity contribution >= 4 is 5.97 Å². The molecule has 0 rings (SSSR count). The van der Waals surface area contributed by atoms with Gasteiger partial charge in [0.15, 0.2) is 0 Å². The van der Waals surface area contributed by atoms with E-state index < -0.39 is 0 Å². The molecule has 0 fully saturated rings. The number of carbonyl (C=O) groups excluding carboxylic acids is 1. The molecular weight excluding hydrogens is 631 g/mol. The summed E-state index contributed by atoms with van der Waals surface area (Å²) in [5, 5.41) is 9.39. The Kier molecular flexibility index (Phi) is 41.6. The maximum Gasteiger partial charge on any atom is 0.308 e. The van der Waals surface area contributed by atoms with Crippen LogP contribution in [-0.2, 0) is 14.3 Å². The second-order valence-corrected chi connectivity index (χ2v) is 16.0. The highest BCUT2D eigenvalue weighted by molar-refractivity contribution is 5.72. The number of nitrogens with zero attached hydrogens (tertiary/aromatic N) is 1. The fourth-order valence-corrected chi connectivity index (χ4v) is 7.45. The number of unbranched alkanes of at least 4 members (excludes halogenated alkanes) is 20. The van der Waals surface area contributed by atoms with Crippen molar-refractivity contribution in [3.63, 3.8) is 0 Å². The predicted octanol–water partition coefficient (Wildman–Crippen LogP) is 13.6. The lowest BCUT2D eigenvalue weighted by Crippen LogP contribution is -2.27. The van der Waals surface area contributed by atoms with E-state index in [0.29, 0.717) is 13.2 Å². The molecule has 0 saturated carbocycles. The van der Waals surface area contributed by atoms with Gasteiger partial charge in [-0.3, -0.25) is 4.79 Å². The summed E-state index contributed by atoms with van der Waals surface area (Å²) in [5.41, 5.74) is 0. The van der Waals surface area contributed by atoms with Crippen LogP contribution in [0.3, 0.4) is 0 Å². The van der Waals surface area contributed by atoms with Gasteiger partial charge in [-0.1, -0.05) is 182 Å². The molecule has 5 nitrogen and oxygen atoms in total. The highest BCUT2D eigenvalue weighted by Gasteiger charge is 2.19. The van der Waals surface area contributed by atoms with Crippen molar-refractivity contribution < 1.29 is 19.4 Å². The first kappa shape index (κ1) is 50.4. The molecule has 0 aliphatic heterocycles. The first-order chi connectivity index (χ1) is 25.1. The first-order valence-corrected chi connectivity index (χ1v) is 23.2. The number of aliphatic hydroxyl groups is 1. The van der Waals surface area contributed by atoms with Crippen LogP contribution in [-0.4, -0.2) is 62.0 Å². The van der Waals surface area contributed by atoms with Crippen LogP contribution in [0, 0.1) is 11.8 Å². The molecule has 1 N–H and O–H groups in total. The van der Waals surface area contributed by atoms with Gasteiger partial charge in [-0.05, 0) is 70.4 Å². The van der Waals surface area contributed by atoms with E-state index in [1.165, 1.54) is 174 Å². The van der Waals surface area contributed by atoms with Crippen molar-refractivity contribution in [1.82, 2.24) is 4.90 Å². The van der Waals surface area contributed by atoms with Crippen LogP contribution in [0.4, 0.5) is 0 Å². The Bertz CT molecular complexity index is 674. The maximum atomic E-state index is 12.6. The lowest BCUT2D eigenvalue weighted by molar-refractivity contribution is -0.149. The van der Waals surface area contributed by atoms with E-state index in [1.807, 2.05) is 0 Å². The molecule has 0 aromatic carbocycles. The van der Waals surface area contributed by atoms with Crippen LogP contribution in [0.15, 0.2) is 0 Å². The molecule has 0 aromatic heterocycles. The third-order valence-electron chi connectivity index (χ3n) is 11.0. The minimum absolute atomic E-state index is 0.0617. The SMILES string of the molecule is CCCCCCC(CCCC)CCOCCCCCCCCCN(CCCO)CCCCCCCCCOC(=O)C(CCCC)CCCCCC. The smallest absolute Gasteiger partial charge is 0.308 e. The Hall–Kier alpha value is -0.650. The van der Waals surface area contributed by atoms with Crippen molar-refractivity contribution in [3.8, 4) is 0 Å².